The number of ether oxygens (including phenoxy) is 4. The Morgan fingerprint density at radius 2 is 1.71 bits per heavy atom. The second kappa shape index (κ2) is 15.6. The smallest absolute Gasteiger partial charge is 0.344 e. The van der Waals surface area contributed by atoms with Crippen molar-refractivity contribution in [2.24, 2.45) is 17.8 Å². The molecule has 5 N–H and O–H groups in total. The number of rotatable bonds is 17. The van der Waals surface area contributed by atoms with Crippen LogP contribution in [-0.4, -0.2) is 96.8 Å². The van der Waals surface area contributed by atoms with Gasteiger partial charge in [0.2, 0.25) is 23.1 Å². The molecule has 2 aliphatic rings. The summed E-state index contributed by atoms with van der Waals surface area (Å²) in [6, 6.07) is 9.29. The van der Waals surface area contributed by atoms with E-state index < -0.39 is 77.7 Å². The number of aliphatic hydroxyl groups excluding tert-OH is 1. The van der Waals surface area contributed by atoms with Gasteiger partial charge >= 0.3 is 29.8 Å². The summed E-state index contributed by atoms with van der Waals surface area (Å²) in [5, 5.41) is 53.5. The number of benzene rings is 1. The maximum absolute atomic E-state index is 13.0. The summed E-state index contributed by atoms with van der Waals surface area (Å²) in [5.41, 5.74) is -6.27. The molecule has 1 aromatic rings. The zero-order chi connectivity index (χ0) is 36.9. The van der Waals surface area contributed by atoms with Gasteiger partial charge in [0.05, 0.1) is 0 Å². The van der Waals surface area contributed by atoms with Crippen LogP contribution in [0.5, 0.6) is 0 Å². The second-order valence-corrected chi connectivity index (χ2v) is 13.1. The van der Waals surface area contributed by atoms with Crippen LogP contribution in [0.2, 0.25) is 0 Å². The van der Waals surface area contributed by atoms with Gasteiger partial charge in [-0.05, 0) is 42.2 Å². The van der Waals surface area contributed by atoms with Crippen LogP contribution in [0.25, 0.3) is 0 Å². The van der Waals surface area contributed by atoms with Gasteiger partial charge in [-0.15, -0.1) is 0 Å². The van der Waals surface area contributed by atoms with Crippen LogP contribution in [0.3, 0.4) is 0 Å². The molecular weight excluding hydrogens is 647 g/mol. The normalized spacial score (nSPS) is 30.1. The summed E-state index contributed by atoms with van der Waals surface area (Å²) in [6.07, 6.45) is -4.83. The highest BCUT2D eigenvalue weighted by molar-refractivity contribution is 5.98. The molecule has 49 heavy (non-hydrogen) atoms. The molecule has 0 aromatic heterocycles. The molecule has 2 bridgehead atoms. The van der Waals surface area contributed by atoms with E-state index in [-0.39, 0.29) is 23.8 Å². The van der Waals surface area contributed by atoms with Crippen LogP contribution in [0.4, 0.5) is 0 Å². The van der Waals surface area contributed by atoms with Crippen LogP contribution in [-0.2, 0) is 49.3 Å². The first-order valence-corrected chi connectivity index (χ1v) is 16.1. The van der Waals surface area contributed by atoms with Crippen molar-refractivity contribution in [3.05, 3.63) is 60.2 Å². The van der Waals surface area contributed by atoms with Crippen molar-refractivity contribution < 1.29 is 68.5 Å². The minimum Gasteiger partial charge on any atom is -0.479 e. The van der Waals surface area contributed by atoms with E-state index in [1.165, 1.54) is 13.0 Å². The van der Waals surface area contributed by atoms with Crippen LogP contribution in [0.1, 0.15) is 65.9 Å². The Labute approximate surface area is 284 Å². The summed E-state index contributed by atoms with van der Waals surface area (Å²) in [4.78, 5) is 63.0. The number of fused-ring (bicyclic) bond motifs is 2. The highest BCUT2D eigenvalue weighted by Crippen LogP contribution is 2.56. The number of aliphatic hydroxyl groups is 2. The molecule has 2 fully saturated rings. The molecule has 0 amide bonds. The lowest BCUT2D eigenvalue weighted by Gasteiger charge is -2.48. The van der Waals surface area contributed by atoms with Crippen molar-refractivity contribution in [1.82, 2.24) is 0 Å². The minimum atomic E-state index is -3.90. The Hall–Kier alpha value is -4.11. The third-order valence-corrected chi connectivity index (χ3v) is 9.29. The molecule has 10 atom stereocenters. The maximum atomic E-state index is 13.0. The van der Waals surface area contributed by atoms with E-state index in [0.717, 1.165) is 18.1 Å². The highest BCUT2D eigenvalue weighted by atomic mass is 18.1. The Bertz CT molecular complexity index is 1440. The van der Waals surface area contributed by atoms with E-state index in [1.54, 1.807) is 6.92 Å². The lowest BCUT2D eigenvalue weighted by atomic mass is 9.74. The zero-order valence-corrected chi connectivity index (χ0v) is 28.2. The summed E-state index contributed by atoms with van der Waals surface area (Å²) in [5.74, 6) is -11.3. The van der Waals surface area contributed by atoms with Crippen LogP contribution in [0, 0.1) is 17.8 Å². The third kappa shape index (κ3) is 7.88. The Kier molecular flexibility index (Phi) is 12.5. The van der Waals surface area contributed by atoms with Gasteiger partial charge < -0.3 is 44.5 Å². The molecule has 0 radical (unpaired) electrons. The van der Waals surface area contributed by atoms with Crippen molar-refractivity contribution in [2.75, 3.05) is 0 Å². The molecule has 0 spiro atoms. The van der Waals surface area contributed by atoms with Gasteiger partial charge in [0, 0.05) is 25.3 Å². The number of hydrogen-bond donors (Lipinski definition) is 5. The second-order valence-electron chi connectivity index (χ2n) is 13.1. The average molecular weight is 694 g/mol. The van der Waals surface area contributed by atoms with Crippen molar-refractivity contribution in [2.45, 2.75) is 108 Å². The maximum Gasteiger partial charge on any atom is 0.344 e. The lowest BCUT2D eigenvalue weighted by Crippen LogP contribution is -2.78. The number of carboxylic acids is 3. The van der Waals surface area contributed by atoms with Gasteiger partial charge in [0.1, 0.15) is 12.2 Å². The summed E-state index contributed by atoms with van der Waals surface area (Å²) in [7, 11) is 0. The molecule has 270 valence electrons. The fourth-order valence-corrected chi connectivity index (χ4v) is 6.58. The fraction of sp³-hybridized carbons (Fsp3) is 0.571. The predicted octanol–water partition coefficient (Wildman–Crippen LogP) is 2.88. The van der Waals surface area contributed by atoms with Gasteiger partial charge in [-0.1, -0.05) is 77.1 Å². The SMILES string of the molecule is C=C(CC[C@]12O[C@H](C(=O)O)[C@@](O)(C(=O)O)[C@](C(=O)O)(O1)[C@H](OC(=[18O])/C=C/[C@@H](C)C[C@@H](C)CC)[C@H]2O)[C@@H](O[13C](C)=O)[C@H](C)Cc1ccccc1. The first-order chi connectivity index (χ1) is 22.9. The monoisotopic (exact) mass is 693 g/mol. The molecule has 3 rings (SSSR count). The topological polar surface area (TPSA) is 223 Å². The van der Waals surface area contributed by atoms with E-state index in [0.29, 0.717) is 18.8 Å². The van der Waals surface area contributed by atoms with Gasteiger partial charge in [0.15, 0.2) is 6.10 Å². The van der Waals surface area contributed by atoms with E-state index in [9.17, 15) is 49.5 Å². The fourth-order valence-electron chi connectivity index (χ4n) is 6.58. The minimum absolute atomic E-state index is 0.123. The number of esters is 2. The van der Waals surface area contributed by atoms with Crippen molar-refractivity contribution >= 4 is 29.8 Å². The molecule has 1 aromatic carbocycles. The average Bonchev–Trinajstić information content (AvgIpc) is 3.25. The van der Waals surface area contributed by atoms with Crippen LogP contribution in [0.15, 0.2) is 54.6 Å². The van der Waals surface area contributed by atoms with Crippen LogP contribution < -0.4 is 0 Å². The zero-order valence-electron chi connectivity index (χ0n) is 28.2. The quantitative estimate of drug-likeness (QED) is 0.0521. The third-order valence-electron chi connectivity index (χ3n) is 9.29. The Morgan fingerprint density at radius 3 is 2.24 bits per heavy atom. The number of hydrogen-bond acceptors (Lipinski definition) is 11. The largest absolute Gasteiger partial charge is 0.479 e. The number of carbonyl (C=O) groups excluding carboxylic acids is 2. The van der Waals surface area contributed by atoms with Crippen molar-refractivity contribution in [3.63, 3.8) is 0 Å². The van der Waals surface area contributed by atoms with Gasteiger partial charge in [-0.3, -0.25) is 4.79 Å². The summed E-state index contributed by atoms with van der Waals surface area (Å²) in [6.45, 7) is 12.9. The summed E-state index contributed by atoms with van der Waals surface area (Å²) < 4.78 is 22.0. The van der Waals surface area contributed by atoms with Crippen molar-refractivity contribution in [1.29, 1.82) is 0 Å². The molecule has 2 aliphatic heterocycles. The lowest BCUT2D eigenvalue weighted by molar-refractivity contribution is -0.374. The molecule has 14 heteroatoms. The molecule has 14 nitrogen and oxygen atoms in total. The van der Waals surface area contributed by atoms with Gasteiger partial charge in [0.25, 0.3) is 0 Å². The molecule has 0 aliphatic carbocycles. The van der Waals surface area contributed by atoms with Crippen LogP contribution >= 0.6 is 0 Å². The molecule has 0 unspecified atom stereocenters. The van der Waals surface area contributed by atoms with E-state index in [1.807, 2.05) is 51.1 Å². The molecule has 0 saturated carbocycles. The standard InChI is InChI=1S/C35H46O14/c1-7-19(2)17-20(3)13-14-25(37)47-28-27(38)33(48-29(30(39)40)34(45,31(41)42)35(28,49-33)32(43)44)16-15-21(4)26(46-23(6)36)22(5)18-24-11-9-8-10-12-24/h8-14,19-20,22,26-29,38,45H,4,7,15-18H2,1-3,5-6H3,(H,39,40)(H,41,42)(H,43,44)/b14-13+/t19-,20+,22+,26+,27+,28+,29+,33-,34+,35-/m0/s1/i23+1,37+2. The first-order valence-electron chi connectivity index (χ1n) is 16.1. The van der Waals surface area contributed by atoms with Gasteiger partial charge in [-0.2, -0.15) is 0 Å². The summed E-state index contributed by atoms with van der Waals surface area (Å²) >= 11 is 0. The van der Waals surface area contributed by atoms with E-state index >= 15 is 0 Å². The highest BCUT2D eigenvalue weighted by Gasteiger charge is 2.85. The van der Waals surface area contributed by atoms with Gasteiger partial charge in [-0.25, -0.2) is 19.2 Å². The molecular formula is C35H46O14. The molecule has 2 saturated heterocycles. The van der Waals surface area contributed by atoms with Crippen molar-refractivity contribution in [3.8, 4) is 0 Å². The number of carboxylic acid groups (broad SMARTS) is 3. The van der Waals surface area contributed by atoms with E-state index in [4.69, 9.17) is 18.9 Å². The Balaban J connectivity index is 2.02. The number of carbonyl (C=O) groups is 5. The van der Waals surface area contributed by atoms with E-state index in [2.05, 4.69) is 6.58 Å². The number of aliphatic carboxylic acids is 3. The Morgan fingerprint density at radius 1 is 1.08 bits per heavy atom. The predicted molar refractivity (Wildman–Crippen MR) is 171 cm³/mol. The molecule has 2 heterocycles. The number of allylic oxidation sites excluding steroid dienone is 1. The first kappa shape index (κ1) is 39.3.